The van der Waals surface area contributed by atoms with Crippen LogP contribution in [0.4, 0.5) is 5.69 Å². The summed E-state index contributed by atoms with van der Waals surface area (Å²) in [5.74, 6) is 0.958. The Kier molecular flexibility index (Phi) is 4.70. The fourth-order valence-electron chi connectivity index (χ4n) is 4.59. The first kappa shape index (κ1) is 18.2. The third-order valence-electron chi connectivity index (χ3n) is 6.41. The lowest BCUT2D eigenvalue weighted by atomic mass is 9.97. The molecule has 4 heteroatoms. The zero-order chi connectivity index (χ0) is 19.8. The highest BCUT2D eigenvalue weighted by Crippen LogP contribution is 2.33. The summed E-state index contributed by atoms with van der Waals surface area (Å²) >= 11 is 0. The lowest BCUT2D eigenvalue weighted by Crippen LogP contribution is -2.34. The number of piperidine rings is 1. The molecular weight excluding hydrogens is 358 g/mol. The molecule has 1 aromatic heterocycles. The number of carbonyl (C=O) groups excluding carboxylic acids is 1. The van der Waals surface area contributed by atoms with E-state index in [1.54, 1.807) is 0 Å². The molecule has 148 valence electrons. The number of benzene rings is 2. The summed E-state index contributed by atoms with van der Waals surface area (Å²) in [6, 6.07) is 18.7. The molecule has 0 saturated carbocycles. The summed E-state index contributed by atoms with van der Waals surface area (Å²) < 4.78 is 0. The number of pyridine rings is 1. The van der Waals surface area contributed by atoms with Crippen LogP contribution in [-0.2, 0) is 13.0 Å². The molecule has 2 aliphatic rings. The number of anilines is 1. The van der Waals surface area contributed by atoms with E-state index in [0.717, 1.165) is 58.8 Å². The number of carbonyl (C=O) groups is 1. The average Bonchev–Trinajstić information content (AvgIpc) is 3.08. The topological polar surface area (TPSA) is 36.4 Å². The van der Waals surface area contributed by atoms with Crippen LogP contribution in [-0.4, -0.2) is 35.4 Å². The van der Waals surface area contributed by atoms with Gasteiger partial charge < -0.3 is 9.80 Å². The molecule has 0 unspecified atom stereocenters. The Morgan fingerprint density at radius 2 is 1.83 bits per heavy atom. The first-order chi connectivity index (χ1) is 14.2. The normalized spacial score (nSPS) is 17.2. The summed E-state index contributed by atoms with van der Waals surface area (Å²) in [6.07, 6.45) is 3.19. The molecule has 0 atom stereocenters. The lowest BCUT2D eigenvalue weighted by molar-refractivity contribution is 0.0780. The number of hydrogen-bond acceptors (Lipinski definition) is 3. The van der Waals surface area contributed by atoms with Gasteiger partial charge in [-0.25, -0.2) is 0 Å². The van der Waals surface area contributed by atoms with Crippen LogP contribution in [0.3, 0.4) is 0 Å². The summed E-state index contributed by atoms with van der Waals surface area (Å²) in [4.78, 5) is 22.4. The van der Waals surface area contributed by atoms with Crippen molar-refractivity contribution < 1.29 is 4.79 Å². The van der Waals surface area contributed by atoms with Crippen LogP contribution < -0.4 is 4.90 Å². The van der Waals surface area contributed by atoms with Crippen molar-refractivity contribution in [1.29, 1.82) is 0 Å². The van der Waals surface area contributed by atoms with E-state index in [4.69, 9.17) is 4.98 Å². The second-order valence-electron chi connectivity index (χ2n) is 8.45. The molecule has 2 aromatic carbocycles. The predicted octanol–water partition coefficient (Wildman–Crippen LogP) is 4.67. The Balaban J connectivity index is 1.32. The maximum absolute atomic E-state index is 13.2. The number of fused-ring (bicyclic) bond motifs is 2. The van der Waals surface area contributed by atoms with Gasteiger partial charge in [0.1, 0.15) is 0 Å². The Morgan fingerprint density at radius 3 is 2.69 bits per heavy atom. The SMILES string of the molecule is CC1CCN(c2cccc3c2C(=O)N(CCc2ccc4ccccc4n2)C3)CC1. The van der Waals surface area contributed by atoms with Crippen molar-refractivity contribution in [2.45, 2.75) is 32.7 Å². The van der Waals surface area contributed by atoms with Crippen LogP contribution >= 0.6 is 0 Å². The van der Waals surface area contributed by atoms with E-state index in [2.05, 4.69) is 48.2 Å². The molecule has 5 rings (SSSR count). The van der Waals surface area contributed by atoms with E-state index in [9.17, 15) is 4.79 Å². The third kappa shape index (κ3) is 3.48. The molecule has 1 fully saturated rings. The van der Waals surface area contributed by atoms with E-state index in [-0.39, 0.29) is 5.91 Å². The fraction of sp³-hybridized carbons (Fsp3) is 0.360. The summed E-state index contributed by atoms with van der Waals surface area (Å²) in [5, 5.41) is 1.15. The molecule has 1 amide bonds. The predicted molar refractivity (Wildman–Crippen MR) is 117 cm³/mol. The number of amides is 1. The van der Waals surface area contributed by atoms with Gasteiger partial charge in [0.05, 0.1) is 11.1 Å². The van der Waals surface area contributed by atoms with Crippen LogP contribution in [0.1, 0.15) is 41.4 Å². The summed E-state index contributed by atoms with van der Waals surface area (Å²) in [7, 11) is 0. The van der Waals surface area contributed by atoms with Gasteiger partial charge >= 0.3 is 0 Å². The van der Waals surface area contributed by atoms with Crippen molar-refractivity contribution in [3.8, 4) is 0 Å². The fourth-order valence-corrected chi connectivity index (χ4v) is 4.59. The molecule has 4 nitrogen and oxygen atoms in total. The second kappa shape index (κ2) is 7.51. The monoisotopic (exact) mass is 385 g/mol. The number of nitrogens with zero attached hydrogens (tertiary/aromatic N) is 3. The number of rotatable bonds is 4. The first-order valence-corrected chi connectivity index (χ1v) is 10.7. The maximum atomic E-state index is 13.2. The zero-order valence-electron chi connectivity index (χ0n) is 17.0. The molecule has 0 aliphatic carbocycles. The number of hydrogen-bond donors (Lipinski definition) is 0. The smallest absolute Gasteiger partial charge is 0.256 e. The molecular formula is C25H27N3O. The van der Waals surface area contributed by atoms with E-state index in [0.29, 0.717) is 13.1 Å². The van der Waals surface area contributed by atoms with Crippen molar-refractivity contribution in [3.63, 3.8) is 0 Å². The summed E-state index contributed by atoms with van der Waals surface area (Å²) in [6.45, 7) is 5.83. The molecule has 0 spiro atoms. The van der Waals surface area contributed by atoms with Crippen molar-refractivity contribution in [2.75, 3.05) is 24.5 Å². The maximum Gasteiger partial charge on any atom is 0.256 e. The van der Waals surface area contributed by atoms with Crippen molar-refractivity contribution in [2.24, 2.45) is 5.92 Å². The number of para-hydroxylation sites is 1. The van der Waals surface area contributed by atoms with Gasteiger partial charge in [0.25, 0.3) is 5.91 Å². The minimum atomic E-state index is 0.176. The van der Waals surface area contributed by atoms with Gasteiger partial charge in [-0.3, -0.25) is 9.78 Å². The van der Waals surface area contributed by atoms with Gasteiger partial charge in [-0.15, -0.1) is 0 Å². The molecule has 1 saturated heterocycles. The van der Waals surface area contributed by atoms with Crippen LogP contribution in [0, 0.1) is 5.92 Å². The highest BCUT2D eigenvalue weighted by atomic mass is 16.2. The Hall–Kier alpha value is -2.88. The average molecular weight is 386 g/mol. The molecule has 0 radical (unpaired) electrons. The first-order valence-electron chi connectivity index (χ1n) is 10.7. The molecule has 29 heavy (non-hydrogen) atoms. The van der Waals surface area contributed by atoms with Crippen LogP contribution in [0.25, 0.3) is 10.9 Å². The van der Waals surface area contributed by atoms with Crippen LogP contribution in [0.15, 0.2) is 54.6 Å². The Bertz CT molecular complexity index is 1050. The van der Waals surface area contributed by atoms with Crippen LogP contribution in [0.5, 0.6) is 0 Å². The van der Waals surface area contributed by atoms with E-state index < -0.39 is 0 Å². The molecule has 0 N–H and O–H groups in total. The van der Waals surface area contributed by atoms with Gasteiger partial charge in [-0.2, -0.15) is 0 Å². The van der Waals surface area contributed by atoms with Crippen molar-refractivity contribution in [1.82, 2.24) is 9.88 Å². The minimum Gasteiger partial charge on any atom is -0.371 e. The minimum absolute atomic E-state index is 0.176. The van der Waals surface area contributed by atoms with Gasteiger partial charge in [-0.1, -0.05) is 43.3 Å². The zero-order valence-corrected chi connectivity index (χ0v) is 17.0. The second-order valence-corrected chi connectivity index (χ2v) is 8.45. The van der Waals surface area contributed by atoms with E-state index >= 15 is 0 Å². The van der Waals surface area contributed by atoms with Gasteiger partial charge in [0, 0.05) is 49.4 Å². The number of aromatic nitrogens is 1. The molecule has 3 aromatic rings. The molecule has 3 heterocycles. The molecule has 0 bridgehead atoms. The van der Waals surface area contributed by atoms with E-state index in [1.165, 1.54) is 12.8 Å². The summed E-state index contributed by atoms with van der Waals surface area (Å²) in [5.41, 5.74) is 5.28. The van der Waals surface area contributed by atoms with Crippen molar-refractivity contribution in [3.05, 3.63) is 71.4 Å². The van der Waals surface area contributed by atoms with Gasteiger partial charge in [0.15, 0.2) is 0 Å². The Labute approximate surface area is 172 Å². The lowest BCUT2D eigenvalue weighted by Gasteiger charge is -2.33. The van der Waals surface area contributed by atoms with Crippen molar-refractivity contribution >= 4 is 22.5 Å². The highest BCUT2D eigenvalue weighted by Gasteiger charge is 2.31. The third-order valence-corrected chi connectivity index (χ3v) is 6.41. The molecule has 2 aliphatic heterocycles. The van der Waals surface area contributed by atoms with E-state index in [1.807, 2.05) is 23.1 Å². The van der Waals surface area contributed by atoms with Gasteiger partial charge in [-0.05, 0) is 42.5 Å². The van der Waals surface area contributed by atoms with Crippen LogP contribution in [0.2, 0.25) is 0 Å². The van der Waals surface area contributed by atoms with Gasteiger partial charge in [0.2, 0.25) is 0 Å². The highest BCUT2D eigenvalue weighted by molar-refractivity contribution is 6.03. The quantitative estimate of drug-likeness (QED) is 0.655. The standard InChI is InChI=1S/C25H27N3O/c1-18-11-14-27(15-12-18)23-8-4-6-20-17-28(25(29)24(20)23)16-13-21-10-9-19-5-2-3-7-22(19)26-21/h2-10,18H,11-17H2,1H3. The Morgan fingerprint density at radius 1 is 1.00 bits per heavy atom. The largest absolute Gasteiger partial charge is 0.371 e.